The molecule has 2 nitrogen and oxygen atoms in total. The van der Waals surface area contributed by atoms with E-state index in [0.717, 1.165) is 38.9 Å². The van der Waals surface area contributed by atoms with Crippen molar-refractivity contribution in [3.8, 4) is 0 Å². The summed E-state index contributed by atoms with van der Waals surface area (Å²) in [4.78, 5) is 13.4. The first-order valence-corrected chi connectivity index (χ1v) is 7.04. The molecule has 0 atom stereocenters. The Kier molecular flexibility index (Phi) is 4.94. The lowest BCUT2D eigenvalue weighted by Crippen LogP contribution is -2.27. The third-order valence-corrected chi connectivity index (χ3v) is 3.77. The number of carbonyl (C=O) groups is 1. The van der Waals surface area contributed by atoms with Crippen LogP contribution in [-0.2, 0) is 17.6 Å². The first-order valence-electron chi connectivity index (χ1n) is 7.04. The van der Waals surface area contributed by atoms with Crippen molar-refractivity contribution in [2.45, 2.75) is 39.0 Å². The summed E-state index contributed by atoms with van der Waals surface area (Å²) >= 11 is 0. The molecule has 1 aromatic carbocycles. The van der Waals surface area contributed by atoms with Crippen LogP contribution in [-0.4, -0.2) is 30.3 Å². The van der Waals surface area contributed by atoms with E-state index in [1.165, 1.54) is 24.0 Å². The largest absolute Gasteiger partial charge is 0.303 e. The Morgan fingerprint density at radius 2 is 1.72 bits per heavy atom. The second-order valence-electron chi connectivity index (χ2n) is 5.27. The van der Waals surface area contributed by atoms with E-state index in [4.69, 9.17) is 0 Å². The fourth-order valence-corrected chi connectivity index (χ4v) is 2.65. The molecule has 0 fully saturated rings. The van der Waals surface area contributed by atoms with Crippen molar-refractivity contribution in [3.63, 3.8) is 0 Å². The third-order valence-electron chi connectivity index (χ3n) is 3.77. The maximum absolute atomic E-state index is 10.9. The van der Waals surface area contributed by atoms with Gasteiger partial charge in [-0.05, 0) is 50.3 Å². The van der Waals surface area contributed by atoms with Gasteiger partial charge in [0.05, 0.1) is 0 Å². The molecular weight excluding hydrogens is 222 g/mol. The van der Waals surface area contributed by atoms with Crippen molar-refractivity contribution in [1.82, 2.24) is 4.90 Å². The van der Waals surface area contributed by atoms with E-state index in [-0.39, 0.29) is 0 Å². The first kappa shape index (κ1) is 13.3. The number of hydrogen-bond acceptors (Lipinski definition) is 2. The molecule has 2 heteroatoms. The van der Waals surface area contributed by atoms with Gasteiger partial charge in [-0.3, -0.25) is 0 Å². The molecule has 0 bridgehead atoms. The minimum Gasteiger partial charge on any atom is -0.303 e. The number of Topliss-reactive ketones (excluding diaryl/α,β-unsaturated/α-hetero) is 1. The summed E-state index contributed by atoms with van der Waals surface area (Å²) in [5.74, 6) is 0.318. The van der Waals surface area contributed by atoms with Crippen LogP contribution in [0.15, 0.2) is 24.3 Å². The summed E-state index contributed by atoms with van der Waals surface area (Å²) in [5, 5.41) is 0. The van der Waals surface area contributed by atoms with Gasteiger partial charge in [0.2, 0.25) is 0 Å². The maximum Gasteiger partial charge on any atom is 0.129 e. The average molecular weight is 245 g/mol. The normalized spacial score (nSPS) is 16.1. The van der Waals surface area contributed by atoms with Gasteiger partial charge in [0.15, 0.2) is 0 Å². The van der Waals surface area contributed by atoms with E-state index in [0.29, 0.717) is 5.78 Å². The van der Waals surface area contributed by atoms with Crippen LogP contribution in [0.2, 0.25) is 0 Å². The molecule has 0 unspecified atom stereocenters. The van der Waals surface area contributed by atoms with Crippen LogP contribution in [0.25, 0.3) is 0 Å². The molecule has 1 aliphatic rings. The quantitative estimate of drug-likeness (QED) is 0.743. The fraction of sp³-hybridized carbons (Fsp3) is 0.562. The van der Waals surface area contributed by atoms with Crippen molar-refractivity contribution in [2.24, 2.45) is 0 Å². The van der Waals surface area contributed by atoms with Gasteiger partial charge in [0.25, 0.3) is 0 Å². The molecule has 0 N–H and O–H groups in total. The van der Waals surface area contributed by atoms with Crippen LogP contribution in [0.3, 0.4) is 0 Å². The third kappa shape index (κ3) is 3.95. The summed E-state index contributed by atoms with van der Waals surface area (Å²) in [6, 6.07) is 8.80. The molecule has 0 amide bonds. The van der Waals surface area contributed by atoms with E-state index < -0.39 is 0 Å². The topological polar surface area (TPSA) is 20.3 Å². The van der Waals surface area contributed by atoms with Crippen LogP contribution >= 0.6 is 0 Å². The smallest absolute Gasteiger partial charge is 0.129 e. The molecule has 1 heterocycles. The molecule has 0 radical (unpaired) electrons. The Hall–Kier alpha value is -1.15. The Morgan fingerprint density at radius 3 is 2.28 bits per heavy atom. The zero-order valence-corrected chi connectivity index (χ0v) is 11.3. The van der Waals surface area contributed by atoms with Crippen LogP contribution in [0.5, 0.6) is 0 Å². The van der Waals surface area contributed by atoms with Crippen molar-refractivity contribution in [2.75, 3.05) is 19.6 Å². The highest BCUT2D eigenvalue weighted by molar-refractivity contribution is 5.75. The predicted octanol–water partition coefficient (Wildman–Crippen LogP) is 2.85. The Bertz CT molecular complexity index is 373. The molecule has 2 rings (SSSR count). The molecular formula is C16H23NO. The van der Waals surface area contributed by atoms with Crippen LogP contribution in [0, 0.1) is 0 Å². The van der Waals surface area contributed by atoms with Gasteiger partial charge in [-0.25, -0.2) is 0 Å². The van der Waals surface area contributed by atoms with Crippen LogP contribution in [0.4, 0.5) is 0 Å². The van der Waals surface area contributed by atoms with Gasteiger partial charge in [-0.1, -0.05) is 24.3 Å². The molecule has 0 aliphatic carbocycles. The van der Waals surface area contributed by atoms with Gasteiger partial charge in [-0.15, -0.1) is 0 Å². The molecule has 0 spiro atoms. The highest BCUT2D eigenvalue weighted by Gasteiger charge is 2.12. The van der Waals surface area contributed by atoms with Gasteiger partial charge < -0.3 is 9.69 Å². The summed E-state index contributed by atoms with van der Waals surface area (Å²) < 4.78 is 0. The van der Waals surface area contributed by atoms with Crippen molar-refractivity contribution < 1.29 is 4.79 Å². The number of rotatable bonds is 5. The second-order valence-corrected chi connectivity index (χ2v) is 5.27. The molecule has 98 valence electrons. The highest BCUT2D eigenvalue weighted by Crippen LogP contribution is 2.15. The van der Waals surface area contributed by atoms with Crippen LogP contribution in [0.1, 0.15) is 37.3 Å². The van der Waals surface area contributed by atoms with E-state index in [1.807, 2.05) is 0 Å². The number of unbranched alkanes of at least 4 members (excludes halogenated alkanes) is 1. The average Bonchev–Trinajstić information content (AvgIpc) is 2.57. The molecule has 1 aromatic rings. The number of hydrogen-bond donors (Lipinski definition) is 0. The highest BCUT2D eigenvalue weighted by atomic mass is 16.1. The molecule has 0 aromatic heterocycles. The van der Waals surface area contributed by atoms with E-state index >= 15 is 0 Å². The van der Waals surface area contributed by atoms with Gasteiger partial charge >= 0.3 is 0 Å². The number of fused-ring (bicyclic) bond motifs is 1. The van der Waals surface area contributed by atoms with Gasteiger partial charge in [0, 0.05) is 19.5 Å². The van der Waals surface area contributed by atoms with E-state index in [9.17, 15) is 4.79 Å². The van der Waals surface area contributed by atoms with Crippen molar-refractivity contribution in [1.29, 1.82) is 0 Å². The van der Waals surface area contributed by atoms with Crippen molar-refractivity contribution in [3.05, 3.63) is 35.4 Å². The van der Waals surface area contributed by atoms with E-state index in [1.54, 1.807) is 6.92 Å². The molecule has 1 aliphatic heterocycles. The number of nitrogens with zero attached hydrogens (tertiary/aromatic N) is 1. The Balaban J connectivity index is 1.76. The Labute approximate surface area is 110 Å². The number of carbonyl (C=O) groups excluding carboxylic acids is 1. The Morgan fingerprint density at radius 1 is 1.11 bits per heavy atom. The molecule has 18 heavy (non-hydrogen) atoms. The lowest BCUT2D eigenvalue weighted by molar-refractivity contribution is -0.117. The maximum atomic E-state index is 10.9. The zero-order chi connectivity index (χ0) is 12.8. The van der Waals surface area contributed by atoms with Crippen molar-refractivity contribution >= 4 is 5.78 Å². The zero-order valence-electron chi connectivity index (χ0n) is 11.3. The minimum absolute atomic E-state index is 0.318. The van der Waals surface area contributed by atoms with Gasteiger partial charge in [-0.2, -0.15) is 0 Å². The second kappa shape index (κ2) is 6.69. The first-order chi connectivity index (χ1) is 8.75. The summed E-state index contributed by atoms with van der Waals surface area (Å²) in [6.45, 7) is 5.15. The number of benzene rings is 1. The standard InChI is InChI=1S/C16H23NO/c1-14(18)6-4-5-11-17-12-9-15-7-2-3-8-16(15)10-13-17/h2-3,7-8H,4-6,9-13H2,1H3. The lowest BCUT2D eigenvalue weighted by Gasteiger charge is -2.19. The summed E-state index contributed by atoms with van der Waals surface area (Å²) in [5.41, 5.74) is 3.03. The fourth-order valence-electron chi connectivity index (χ4n) is 2.65. The van der Waals surface area contributed by atoms with E-state index in [2.05, 4.69) is 29.2 Å². The summed E-state index contributed by atoms with van der Waals surface area (Å²) in [6.07, 6.45) is 5.27. The SMILES string of the molecule is CC(=O)CCCCN1CCc2ccccc2CC1. The van der Waals surface area contributed by atoms with Crippen LogP contribution < -0.4 is 0 Å². The molecule has 0 saturated heterocycles. The molecule has 0 saturated carbocycles. The lowest BCUT2D eigenvalue weighted by atomic mass is 10.0. The predicted molar refractivity (Wildman–Crippen MR) is 74.8 cm³/mol. The number of ketones is 1. The monoisotopic (exact) mass is 245 g/mol. The summed E-state index contributed by atoms with van der Waals surface area (Å²) in [7, 11) is 0. The van der Waals surface area contributed by atoms with Gasteiger partial charge in [0.1, 0.15) is 5.78 Å². The minimum atomic E-state index is 0.318.